The predicted molar refractivity (Wildman–Crippen MR) is 328 cm³/mol. The molecule has 0 aliphatic carbocycles. The van der Waals surface area contributed by atoms with Crippen LogP contribution in [0.15, 0.2) is 54.6 Å². The number of likely N-dealkylation sites (tertiary alicyclic amines) is 1. The molecule has 6 rings (SSSR count). The Morgan fingerprint density at radius 1 is 0.774 bits per heavy atom. The third-order valence-electron chi connectivity index (χ3n) is 16.6. The smallest absolute Gasteiger partial charge is 0.248 e. The van der Waals surface area contributed by atoms with Gasteiger partial charge in [0.25, 0.3) is 0 Å². The number of thioether (sulfide) groups is 1. The zero-order valence-corrected chi connectivity index (χ0v) is 52.5. The van der Waals surface area contributed by atoms with E-state index in [9.17, 15) is 88.8 Å². The van der Waals surface area contributed by atoms with Gasteiger partial charge in [-0.3, -0.25) is 52.7 Å². The highest BCUT2D eigenvalue weighted by molar-refractivity contribution is 7.98. The van der Waals surface area contributed by atoms with Crippen LogP contribution in [0, 0.1) is 0 Å². The summed E-state index contributed by atoms with van der Waals surface area (Å²) in [6.07, 6.45) is -14.8. The van der Waals surface area contributed by atoms with Gasteiger partial charge in [-0.25, -0.2) is 0 Å². The molecule has 4 saturated heterocycles. The fourth-order valence-corrected chi connectivity index (χ4v) is 12.1. The van der Waals surface area contributed by atoms with E-state index in [1.165, 1.54) is 16.7 Å². The fraction of sp³-hybridized carbons (Fsp3) is 0.610. The third-order valence-corrected chi connectivity index (χ3v) is 17.2. The van der Waals surface area contributed by atoms with Gasteiger partial charge in [0.15, 0.2) is 6.23 Å². The molecule has 11 amide bonds. The normalized spacial score (nSPS) is 28.0. The maximum absolute atomic E-state index is 15.0. The van der Waals surface area contributed by atoms with Crippen molar-refractivity contribution in [1.82, 2.24) is 57.2 Å². The van der Waals surface area contributed by atoms with Crippen LogP contribution in [0.5, 0.6) is 5.75 Å². The second-order valence-corrected chi connectivity index (χ2v) is 24.4. The number of aromatic hydroxyl groups is 1. The zero-order valence-electron chi connectivity index (χ0n) is 51.7. The van der Waals surface area contributed by atoms with Gasteiger partial charge in [-0.05, 0) is 74.8 Å². The second kappa shape index (κ2) is 35.0. The number of amides is 11. The van der Waals surface area contributed by atoms with Crippen molar-refractivity contribution in [2.24, 2.45) is 11.5 Å². The number of nitrogens with two attached hydrogens (primary N) is 2. The number of fused-ring (bicyclic) bond motifs is 2. The number of hydrogen-bond donors (Lipinski definition) is 18. The average Bonchev–Trinajstić information content (AvgIpc) is 1.74. The van der Waals surface area contributed by atoms with Gasteiger partial charge in [-0.15, -0.1) is 0 Å². The minimum Gasteiger partial charge on any atom is -0.508 e. The van der Waals surface area contributed by atoms with Crippen LogP contribution in [0.2, 0.25) is 0 Å². The second-order valence-electron chi connectivity index (χ2n) is 23.4. The molecule has 1 unspecified atom stereocenters. The Kier molecular flexibility index (Phi) is 28.0. The van der Waals surface area contributed by atoms with E-state index in [1.807, 2.05) is 6.26 Å². The van der Waals surface area contributed by atoms with Gasteiger partial charge in [0.05, 0.1) is 37.1 Å². The van der Waals surface area contributed by atoms with E-state index in [4.69, 9.17) is 16.2 Å². The predicted octanol–water partition coefficient (Wildman–Crippen LogP) is -7.99. The van der Waals surface area contributed by atoms with Crippen LogP contribution in [-0.2, 0) is 63.9 Å². The minimum absolute atomic E-state index is 0.0401. The van der Waals surface area contributed by atoms with Crippen LogP contribution >= 0.6 is 11.8 Å². The highest BCUT2D eigenvalue weighted by atomic mass is 32.2. The van der Waals surface area contributed by atoms with Gasteiger partial charge in [0.1, 0.15) is 72.4 Å². The van der Waals surface area contributed by atoms with Crippen molar-refractivity contribution in [3.05, 3.63) is 65.7 Å². The van der Waals surface area contributed by atoms with Gasteiger partial charge in [-0.2, -0.15) is 11.8 Å². The van der Waals surface area contributed by atoms with Crippen LogP contribution in [0.25, 0.3) is 0 Å². The number of carbonyl (C=O) groups excluding carboxylic acids is 11. The van der Waals surface area contributed by atoms with Crippen LogP contribution in [0.4, 0.5) is 0 Å². The molecule has 0 spiro atoms. The van der Waals surface area contributed by atoms with Crippen molar-refractivity contribution >= 4 is 77.2 Å². The van der Waals surface area contributed by atoms with Crippen LogP contribution < -0.4 is 54.0 Å². The lowest BCUT2D eigenvalue weighted by Crippen LogP contribution is -2.64. The molecule has 93 heavy (non-hydrogen) atoms. The summed E-state index contributed by atoms with van der Waals surface area (Å²) in [6, 6.07) is -2.05. The fourth-order valence-electron chi connectivity index (χ4n) is 11.6. The van der Waals surface area contributed by atoms with E-state index in [0.29, 0.717) is 24.1 Å². The van der Waals surface area contributed by atoms with Gasteiger partial charge in [0, 0.05) is 64.4 Å². The number of aliphatic hydroxyl groups excluding tert-OH is 7. The number of hydrogen-bond acceptors (Lipinski definition) is 23. The van der Waals surface area contributed by atoms with E-state index in [1.54, 1.807) is 37.3 Å². The molecule has 34 heteroatoms. The van der Waals surface area contributed by atoms with Gasteiger partial charge < -0.3 is 114 Å². The van der Waals surface area contributed by atoms with Crippen molar-refractivity contribution in [1.29, 1.82) is 0 Å². The number of rotatable bonds is 25. The summed E-state index contributed by atoms with van der Waals surface area (Å²) in [4.78, 5) is 156. The van der Waals surface area contributed by atoms with Crippen LogP contribution in [0.1, 0.15) is 76.0 Å². The van der Waals surface area contributed by atoms with E-state index >= 15 is 4.79 Å². The summed E-state index contributed by atoms with van der Waals surface area (Å²) in [6.45, 7) is 0.542. The van der Waals surface area contributed by atoms with E-state index in [2.05, 4.69) is 42.5 Å². The largest absolute Gasteiger partial charge is 0.508 e. The molecule has 18 atom stereocenters. The van der Waals surface area contributed by atoms with Crippen molar-refractivity contribution in [3.8, 4) is 5.75 Å². The van der Waals surface area contributed by atoms with Crippen molar-refractivity contribution in [3.63, 3.8) is 0 Å². The molecule has 4 aliphatic rings. The number of nitrogens with zero attached hydrogens (tertiary/aromatic N) is 3. The average molecular weight is 1330 g/mol. The molecule has 0 bridgehead atoms. The summed E-state index contributed by atoms with van der Waals surface area (Å²) >= 11 is 1.46. The summed E-state index contributed by atoms with van der Waals surface area (Å²) in [7, 11) is 0. The van der Waals surface area contributed by atoms with Crippen LogP contribution in [0.3, 0.4) is 0 Å². The number of nitrogens with one attached hydrogen (secondary N) is 8. The number of phenolic OH excluding ortho intramolecular Hbond substituents is 1. The Morgan fingerprint density at radius 3 is 2.10 bits per heavy atom. The van der Waals surface area contributed by atoms with Gasteiger partial charge >= 0.3 is 0 Å². The Labute approximate surface area is 539 Å². The molecular weight excluding hydrogens is 1240 g/mol. The first-order valence-electron chi connectivity index (χ1n) is 30.6. The van der Waals surface area contributed by atoms with E-state index < -0.39 is 214 Å². The van der Waals surface area contributed by atoms with Crippen molar-refractivity contribution < 1.29 is 98.3 Å². The molecule has 0 aromatic heterocycles. The Morgan fingerprint density at radius 2 is 1.44 bits per heavy atom. The summed E-state index contributed by atoms with van der Waals surface area (Å²) in [5, 5.41) is 109. The Balaban J connectivity index is 1.26. The summed E-state index contributed by atoms with van der Waals surface area (Å²) in [5.41, 5.74) is 12.4. The number of carbonyl (C=O) groups is 11. The maximum Gasteiger partial charge on any atom is 0.248 e. The lowest BCUT2D eigenvalue weighted by Gasteiger charge is -2.35. The standard InChI is InChI=1S/C59H87N13O20S/c1-29-23-37(65-51(84)36(64-28-73)16-22-93-3)57(89)72(29)39(24-31-7-5-4-6-8-31)52(85)63-19-14-43(80)62-18-13-40(77)45-59(91)70-20-15-41(78)47(70)55(88)69-56(92-21-17-60)42(79)26-35(61)50(83)66-44(30(2)74)58(90)71-27-34(76)25-38(71)53(86)68-46(54(87)67-45)49(82)48(81)32-9-11-33(75)12-10-32/h4-12,28-30,34-42,44-49,56,74-79,81-82H,13-27,60-61H2,1-3H3,(H,62,80)(H,63,85)(H,64,73)(H,65,84)(H,66,83)(H,67,87)(H,68,86)(H,69,88)/t29?,30-,34-,35+,36+,37+,38+,39+,40-,41+,42-,44+,45+,46+,47+,48+,49+,56-/m1/s1. The molecule has 4 fully saturated rings. The molecule has 4 heterocycles. The molecule has 2 aromatic rings. The van der Waals surface area contributed by atoms with E-state index in [0.717, 1.165) is 41.0 Å². The number of phenols is 1. The molecule has 514 valence electrons. The monoisotopic (exact) mass is 1330 g/mol. The SMILES string of the molecule is CSCC[C@H](NC=O)C(=O)N[C@H]1CC(C)N([C@@H](Cc2ccccc2)C(=O)NCCC(=O)NCC[C@@H](O)[C@@H]2NC(=O)[C@H]([C@H](O)[C@@H](O)c3ccc(O)cc3)NC(=O)[C@@H]3C[C@@H](O)CN3C(=O)[C@H]([C@@H](C)O)NC(=O)[C@@H](N)C[C@@H](O)[C@@H](OCCN)NC(=O)[C@@H]3[C@@H](O)CCN3C2=O)C1=O. The maximum atomic E-state index is 15.0. The first-order valence-corrected chi connectivity index (χ1v) is 31.9. The highest BCUT2D eigenvalue weighted by Crippen LogP contribution is 2.28. The minimum atomic E-state index is -2.39. The summed E-state index contributed by atoms with van der Waals surface area (Å²) in [5.74, 6) is -9.73. The topological polar surface area (TPSA) is 517 Å². The van der Waals surface area contributed by atoms with Crippen molar-refractivity contribution in [2.45, 2.75) is 175 Å². The Hall–Kier alpha value is -7.64. The molecule has 4 aliphatic heterocycles. The first kappa shape index (κ1) is 74.4. The van der Waals surface area contributed by atoms with E-state index in [-0.39, 0.29) is 50.3 Å². The Bertz CT molecular complexity index is 2920. The lowest BCUT2D eigenvalue weighted by molar-refractivity contribution is -0.149. The lowest BCUT2D eigenvalue weighted by atomic mass is 9.96. The number of aliphatic hydroxyl groups is 7. The van der Waals surface area contributed by atoms with Crippen molar-refractivity contribution in [2.75, 3.05) is 51.3 Å². The molecule has 2 aromatic carbocycles. The number of ether oxygens (including phenoxy) is 1. The zero-order chi connectivity index (χ0) is 68.4. The molecule has 33 nitrogen and oxygen atoms in total. The first-order chi connectivity index (χ1) is 44.2. The van der Waals surface area contributed by atoms with Crippen LogP contribution in [-0.4, -0.2) is 276 Å². The summed E-state index contributed by atoms with van der Waals surface area (Å²) < 4.78 is 5.61. The highest BCUT2D eigenvalue weighted by Gasteiger charge is 2.50. The quantitative estimate of drug-likeness (QED) is 0.0411. The molecule has 20 N–H and O–H groups in total. The van der Waals surface area contributed by atoms with Gasteiger partial charge in [-0.1, -0.05) is 42.5 Å². The molecule has 0 saturated carbocycles. The van der Waals surface area contributed by atoms with Gasteiger partial charge in [0.2, 0.25) is 65.5 Å². The third kappa shape index (κ3) is 19.7. The molecular formula is C59H87N13O20S. The number of benzene rings is 2. The molecule has 0 radical (unpaired) electrons.